The van der Waals surface area contributed by atoms with Gasteiger partial charge in [-0.1, -0.05) is 6.07 Å². The molecule has 0 atom stereocenters. The Bertz CT molecular complexity index is 615. The zero-order valence-corrected chi connectivity index (χ0v) is 10.8. The third-order valence-electron chi connectivity index (χ3n) is 2.65. The van der Waals surface area contributed by atoms with Gasteiger partial charge >= 0.3 is 12.1 Å². The Kier molecular flexibility index (Phi) is 4.52. The summed E-state index contributed by atoms with van der Waals surface area (Å²) in [7, 11) is 0. The summed E-state index contributed by atoms with van der Waals surface area (Å²) in [4.78, 5) is 19.1. The van der Waals surface area contributed by atoms with Gasteiger partial charge in [0.1, 0.15) is 0 Å². The number of alkyl halides is 3. The van der Waals surface area contributed by atoms with Crippen molar-refractivity contribution in [3.8, 4) is 0 Å². The Morgan fingerprint density at radius 1 is 1.19 bits per heavy atom. The van der Waals surface area contributed by atoms with Crippen LogP contribution in [0.1, 0.15) is 21.6 Å². The number of nitrogens with zero attached hydrogens (tertiary/aromatic N) is 2. The minimum Gasteiger partial charge on any atom is -0.461 e. The summed E-state index contributed by atoms with van der Waals surface area (Å²) in [6.45, 7) is -0.0433. The maximum absolute atomic E-state index is 12.7. The van der Waals surface area contributed by atoms with Crippen LogP contribution in [0.15, 0.2) is 42.9 Å². The lowest BCUT2D eigenvalue weighted by atomic mass is 10.2. The number of carbonyl (C=O) groups excluding carboxylic acids is 1. The van der Waals surface area contributed by atoms with Gasteiger partial charge in [-0.15, -0.1) is 0 Å². The van der Waals surface area contributed by atoms with E-state index in [2.05, 4.69) is 9.97 Å². The topological polar surface area (TPSA) is 52.1 Å². The van der Waals surface area contributed by atoms with Crippen LogP contribution in [-0.4, -0.2) is 22.5 Å². The minimum atomic E-state index is -4.65. The molecular weight excluding hydrogens is 285 g/mol. The van der Waals surface area contributed by atoms with Crippen molar-refractivity contribution in [1.82, 2.24) is 9.97 Å². The molecule has 2 aromatic rings. The largest absolute Gasteiger partial charge is 0.461 e. The fourth-order valence-electron chi connectivity index (χ4n) is 1.67. The molecule has 0 N–H and O–H groups in total. The van der Waals surface area contributed by atoms with E-state index in [1.807, 2.05) is 0 Å². The second-order valence-electron chi connectivity index (χ2n) is 4.14. The van der Waals surface area contributed by atoms with Crippen LogP contribution < -0.4 is 0 Å². The van der Waals surface area contributed by atoms with E-state index in [4.69, 9.17) is 4.74 Å². The van der Waals surface area contributed by atoms with Crippen LogP contribution >= 0.6 is 0 Å². The van der Waals surface area contributed by atoms with E-state index in [0.29, 0.717) is 6.42 Å². The summed E-state index contributed by atoms with van der Waals surface area (Å²) in [6.07, 6.45) is 0.0292. The van der Waals surface area contributed by atoms with Gasteiger partial charge in [-0.05, 0) is 23.8 Å². The molecule has 0 aliphatic rings. The van der Waals surface area contributed by atoms with Crippen LogP contribution in [0, 0.1) is 0 Å². The van der Waals surface area contributed by atoms with Gasteiger partial charge < -0.3 is 4.74 Å². The number of hydrogen-bond acceptors (Lipinski definition) is 4. The van der Waals surface area contributed by atoms with Gasteiger partial charge in [-0.2, -0.15) is 13.2 Å². The fourth-order valence-corrected chi connectivity index (χ4v) is 1.67. The Morgan fingerprint density at radius 3 is 2.62 bits per heavy atom. The molecule has 0 saturated carbocycles. The molecule has 2 aromatic heterocycles. The molecule has 0 aliphatic heterocycles. The van der Waals surface area contributed by atoms with Gasteiger partial charge in [0.05, 0.1) is 12.2 Å². The fraction of sp³-hybridized carbons (Fsp3) is 0.214. The molecule has 4 nitrogen and oxygen atoms in total. The van der Waals surface area contributed by atoms with Crippen LogP contribution in [0.25, 0.3) is 0 Å². The number of carbonyl (C=O) groups is 1. The maximum Gasteiger partial charge on any atom is 0.418 e. The van der Waals surface area contributed by atoms with Crippen LogP contribution in [0.3, 0.4) is 0 Å². The summed E-state index contributed by atoms with van der Waals surface area (Å²) in [5.74, 6) is -1.09. The van der Waals surface area contributed by atoms with E-state index in [9.17, 15) is 18.0 Å². The van der Waals surface area contributed by atoms with Crippen molar-refractivity contribution in [2.24, 2.45) is 0 Å². The number of esters is 1. The van der Waals surface area contributed by atoms with Gasteiger partial charge in [0.15, 0.2) is 5.69 Å². The lowest BCUT2D eigenvalue weighted by molar-refractivity contribution is -0.138. The van der Waals surface area contributed by atoms with Crippen LogP contribution in [-0.2, 0) is 17.3 Å². The highest BCUT2D eigenvalue weighted by molar-refractivity contribution is 5.89. The minimum absolute atomic E-state index is 0.0433. The van der Waals surface area contributed by atoms with Crippen molar-refractivity contribution in [2.75, 3.05) is 6.61 Å². The van der Waals surface area contributed by atoms with E-state index in [1.165, 1.54) is 0 Å². The third-order valence-corrected chi connectivity index (χ3v) is 2.65. The highest BCUT2D eigenvalue weighted by Crippen LogP contribution is 2.31. The molecular formula is C14H11F3N2O2. The smallest absolute Gasteiger partial charge is 0.418 e. The van der Waals surface area contributed by atoms with Gasteiger partial charge in [-0.3, -0.25) is 4.98 Å². The average Bonchev–Trinajstić information content (AvgIpc) is 2.47. The van der Waals surface area contributed by atoms with Crippen molar-refractivity contribution in [3.05, 3.63) is 59.7 Å². The first-order chi connectivity index (χ1) is 9.98. The second kappa shape index (κ2) is 6.34. The Hall–Kier alpha value is -2.44. The third kappa shape index (κ3) is 4.01. The molecule has 0 spiro atoms. The SMILES string of the molecule is O=C(OCCc1cccnc1)c1ncccc1C(F)(F)F. The Morgan fingerprint density at radius 2 is 1.95 bits per heavy atom. The standard InChI is InChI=1S/C14H11F3N2O2/c15-14(16,17)11-4-2-7-19-12(11)13(20)21-8-5-10-3-1-6-18-9-10/h1-4,6-7,9H,5,8H2. The molecule has 2 rings (SSSR count). The predicted molar refractivity (Wildman–Crippen MR) is 67.5 cm³/mol. The number of rotatable bonds is 4. The average molecular weight is 296 g/mol. The summed E-state index contributed by atoms with van der Waals surface area (Å²) in [6, 6.07) is 5.42. The van der Waals surface area contributed by atoms with E-state index in [1.54, 1.807) is 24.5 Å². The number of hydrogen-bond donors (Lipinski definition) is 0. The molecule has 0 amide bonds. The van der Waals surface area contributed by atoms with Crippen molar-refractivity contribution in [1.29, 1.82) is 0 Å². The van der Waals surface area contributed by atoms with Gasteiger partial charge in [0, 0.05) is 25.0 Å². The van der Waals surface area contributed by atoms with Gasteiger partial charge in [-0.25, -0.2) is 9.78 Å². The monoisotopic (exact) mass is 296 g/mol. The summed E-state index contributed by atoms with van der Waals surface area (Å²) < 4.78 is 43.1. The summed E-state index contributed by atoms with van der Waals surface area (Å²) in [5, 5.41) is 0. The lowest BCUT2D eigenvalue weighted by Gasteiger charge is -2.11. The molecule has 21 heavy (non-hydrogen) atoms. The van der Waals surface area contributed by atoms with Crippen molar-refractivity contribution in [3.63, 3.8) is 0 Å². The zero-order chi connectivity index (χ0) is 15.3. The zero-order valence-electron chi connectivity index (χ0n) is 10.8. The first kappa shape index (κ1) is 15.0. The van der Waals surface area contributed by atoms with Crippen LogP contribution in [0.5, 0.6) is 0 Å². The Labute approximate surface area is 118 Å². The number of halogens is 3. The predicted octanol–water partition coefficient (Wildman–Crippen LogP) is 2.89. The molecule has 0 fully saturated rings. The van der Waals surface area contributed by atoms with Crippen molar-refractivity contribution in [2.45, 2.75) is 12.6 Å². The molecule has 0 unspecified atom stereocenters. The van der Waals surface area contributed by atoms with E-state index >= 15 is 0 Å². The Balaban J connectivity index is 2.01. The van der Waals surface area contributed by atoms with Crippen LogP contribution in [0.4, 0.5) is 13.2 Å². The number of aromatic nitrogens is 2. The molecule has 7 heteroatoms. The highest BCUT2D eigenvalue weighted by atomic mass is 19.4. The van der Waals surface area contributed by atoms with Gasteiger partial charge in [0.25, 0.3) is 0 Å². The first-order valence-electron chi connectivity index (χ1n) is 6.06. The number of pyridine rings is 2. The molecule has 0 saturated heterocycles. The summed E-state index contributed by atoms with van der Waals surface area (Å²) in [5.41, 5.74) is -1.00. The van der Waals surface area contributed by atoms with Crippen molar-refractivity contribution >= 4 is 5.97 Å². The molecule has 110 valence electrons. The quantitative estimate of drug-likeness (QED) is 0.814. The molecule has 2 heterocycles. The van der Waals surface area contributed by atoms with E-state index in [0.717, 1.165) is 23.9 Å². The normalized spacial score (nSPS) is 11.2. The van der Waals surface area contributed by atoms with E-state index in [-0.39, 0.29) is 6.61 Å². The highest BCUT2D eigenvalue weighted by Gasteiger charge is 2.36. The molecule has 0 bridgehead atoms. The van der Waals surface area contributed by atoms with Crippen LogP contribution in [0.2, 0.25) is 0 Å². The van der Waals surface area contributed by atoms with E-state index < -0.39 is 23.4 Å². The lowest BCUT2D eigenvalue weighted by Crippen LogP contribution is -2.17. The summed E-state index contributed by atoms with van der Waals surface area (Å²) >= 11 is 0. The van der Waals surface area contributed by atoms with Crippen molar-refractivity contribution < 1.29 is 22.7 Å². The molecule has 0 aromatic carbocycles. The molecule has 0 radical (unpaired) electrons. The van der Waals surface area contributed by atoms with Gasteiger partial charge in [0.2, 0.25) is 0 Å². The second-order valence-corrected chi connectivity index (χ2v) is 4.14. The molecule has 0 aliphatic carbocycles. The first-order valence-corrected chi connectivity index (χ1v) is 6.06. The number of ether oxygens (including phenoxy) is 1. The maximum atomic E-state index is 12.7.